The molecule has 2 aromatic carbocycles. The Labute approximate surface area is 200 Å². The minimum atomic E-state index is -1.14. The topological polar surface area (TPSA) is 87.7 Å². The van der Waals surface area contributed by atoms with E-state index in [1.165, 1.54) is 6.92 Å². The molecule has 2 aromatic rings. The largest absolute Gasteiger partial charge is 0.444 e. The predicted molar refractivity (Wildman–Crippen MR) is 130 cm³/mol. The minimum absolute atomic E-state index is 0.247. The van der Waals surface area contributed by atoms with E-state index < -0.39 is 35.6 Å². The van der Waals surface area contributed by atoms with Gasteiger partial charge < -0.3 is 15.4 Å². The lowest BCUT2D eigenvalue weighted by molar-refractivity contribution is -0.138. The van der Waals surface area contributed by atoms with Crippen LogP contribution in [0.4, 0.5) is 4.79 Å². The van der Waals surface area contributed by atoms with Gasteiger partial charge in [-0.1, -0.05) is 54.8 Å². The number of nitrogens with one attached hydrogen (secondary N) is 2. The second kappa shape index (κ2) is 11.6. The maximum atomic E-state index is 13.3. The molecule has 34 heavy (non-hydrogen) atoms. The first-order valence-electron chi connectivity index (χ1n) is 10.7. The van der Waals surface area contributed by atoms with Crippen molar-refractivity contribution in [2.24, 2.45) is 0 Å². The van der Waals surface area contributed by atoms with Crippen molar-refractivity contribution in [3.8, 4) is 24.8 Å². The van der Waals surface area contributed by atoms with E-state index >= 15 is 0 Å². The second-order valence-corrected chi connectivity index (χ2v) is 8.58. The molecule has 2 N–H and O–H groups in total. The molecule has 2 unspecified atom stereocenters. The third-order valence-corrected chi connectivity index (χ3v) is 4.69. The van der Waals surface area contributed by atoms with Gasteiger partial charge in [0, 0.05) is 18.2 Å². The fourth-order valence-corrected chi connectivity index (χ4v) is 3.08. The van der Waals surface area contributed by atoms with Gasteiger partial charge in [0.15, 0.2) is 0 Å². The Morgan fingerprint density at radius 2 is 1.65 bits per heavy atom. The van der Waals surface area contributed by atoms with E-state index in [9.17, 15) is 14.4 Å². The summed E-state index contributed by atoms with van der Waals surface area (Å²) in [4.78, 5) is 39.5. The summed E-state index contributed by atoms with van der Waals surface area (Å²) in [7, 11) is 0. The van der Waals surface area contributed by atoms with E-state index in [0.717, 1.165) is 10.5 Å². The van der Waals surface area contributed by atoms with Crippen LogP contribution < -0.4 is 10.6 Å². The molecule has 7 nitrogen and oxygen atoms in total. The third kappa shape index (κ3) is 7.43. The molecule has 7 heteroatoms. The van der Waals surface area contributed by atoms with E-state index in [1.807, 2.05) is 30.3 Å². The summed E-state index contributed by atoms with van der Waals surface area (Å²) in [6.45, 7) is 6.84. The van der Waals surface area contributed by atoms with Crippen LogP contribution in [0.2, 0.25) is 0 Å². The fraction of sp³-hybridized carbons (Fsp3) is 0.296. The van der Waals surface area contributed by atoms with Crippen LogP contribution in [0.1, 0.15) is 50.4 Å². The normalized spacial score (nSPS) is 12.3. The Kier molecular flexibility index (Phi) is 8.86. The number of carbonyl (C=O) groups is 3. The monoisotopic (exact) mass is 459 g/mol. The summed E-state index contributed by atoms with van der Waals surface area (Å²) in [5, 5.41) is 5.29. The molecule has 0 aliphatic rings. The molecule has 2 rings (SSSR count). The maximum absolute atomic E-state index is 13.3. The van der Waals surface area contributed by atoms with Crippen molar-refractivity contribution in [3.05, 3.63) is 71.3 Å². The summed E-state index contributed by atoms with van der Waals surface area (Å²) >= 11 is 0. The third-order valence-electron chi connectivity index (χ3n) is 4.69. The molecule has 0 fully saturated rings. The maximum Gasteiger partial charge on any atom is 0.408 e. The molecule has 0 radical (unpaired) electrons. The van der Waals surface area contributed by atoms with Crippen LogP contribution >= 0.6 is 0 Å². The lowest BCUT2D eigenvalue weighted by Crippen LogP contribution is -2.50. The van der Waals surface area contributed by atoms with Crippen molar-refractivity contribution in [2.45, 2.75) is 51.9 Å². The molecule has 0 saturated heterocycles. The van der Waals surface area contributed by atoms with Crippen LogP contribution in [0.5, 0.6) is 0 Å². The molecule has 0 heterocycles. The Morgan fingerprint density at radius 1 is 1.03 bits per heavy atom. The van der Waals surface area contributed by atoms with Gasteiger partial charge in [0.25, 0.3) is 5.91 Å². The number of hydrogen-bond acceptors (Lipinski definition) is 4. The van der Waals surface area contributed by atoms with Gasteiger partial charge in [0.05, 0.1) is 0 Å². The zero-order valence-corrected chi connectivity index (χ0v) is 19.8. The summed E-state index contributed by atoms with van der Waals surface area (Å²) in [5.41, 5.74) is 1.24. The first kappa shape index (κ1) is 26.0. The average Bonchev–Trinajstić information content (AvgIpc) is 2.80. The van der Waals surface area contributed by atoms with Gasteiger partial charge in [-0.15, -0.1) is 6.42 Å². The van der Waals surface area contributed by atoms with Gasteiger partial charge in [-0.3, -0.25) is 14.5 Å². The van der Waals surface area contributed by atoms with Crippen LogP contribution in [0.15, 0.2) is 54.6 Å². The minimum Gasteiger partial charge on any atom is -0.444 e. The lowest BCUT2D eigenvalue weighted by atomic mass is 10.0. The van der Waals surface area contributed by atoms with Crippen molar-refractivity contribution < 1.29 is 19.1 Å². The Balaban J connectivity index is 2.29. The Morgan fingerprint density at radius 3 is 2.18 bits per heavy atom. The Hall–Kier alpha value is -4.23. The molecule has 0 spiro atoms. The molecule has 0 saturated carbocycles. The number of benzene rings is 2. The van der Waals surface area contributed by atoms with Crippen LogP contribution in [0, 0.1) is 24.8 Å². The van der Waals surface area contributed by atoms with Crippen molar-refractivity contribution in [1.29, 1.82) is 0 Å². The highest BCUT2D eigenvalue weighted by Crippen LogP contribution is 2.23. The second-order valence-electron chi connectivity index (χ2n) is 8.58. The van der Waals surface area contributed by atoms with E-state index in [2.05, 4.69) is 22.6 Å². The molecule has 0 aliphatic carbocycles. The molecule has 0 aliphatic heterocycles. The van der Waals surface area contributed by atoms with E-state index in [4.69, 9.17) is 17.6 Å². The number of amides is 3. The molecule has 0 aromatic heterocycles. The molecule has 2 atom stereocenters. The smallest absolute Gasteiger partial charge is 0.408 e. The van der Waals surface area contributed by atoms with Crippen LogP contribution in [-0.4, -0.2) is 34.5 Å². The Bertz CT molecular complexity index is 1090. The number of nitrogens with zero attached hydrogens (tertiary/aromatic N) is 1. The zero-order chi connectivity index (χ0) is 25.3. The molecular formula is C27H29N3O4. The van der Waals surface area contributed by atoms with Crippen molar-refractivity contribution >= 4 is 17.9 Å². The highest BCUT2D eigenvalue weighted by molar-refractivity contribution is 5.93. The number of hydrogen-bond donors (Lipinski definition) is 2. The lowest BCUT2D eigenvalue weighted by Gasteiger charge is -2.29. The first-order chi connectivity index (χ1) is 16.1. The number of alkyl carbamates (subject to hydrolysis) is 1. The van der Waals surface area contributed by atoms with Crippen LogP contribution in [-0.2, 0) is 20.9 Å². The first-order valence-corrected chi connectivity index (χ1v) is 10.7. The summed E-state index contributed by atoms with van der Waals surface area (Å²) in [6, 6.07) is 16.1. The average molecular weight is 460 g/mol. The number of ether oxygens (including phenoxy) is 1. The molecular weight excluding hydrogens is 430 g/mol. The predicted octanol–water partition coefficient (Wildman–Crippen LogP) is 3.36. The van der Waals surface area contributed by atoms with Crippen molar-refractivity contribution in [2.75, 3.05) is 0 Å². The summed E-state index contributed by atoms with van der Waals surface area (Å²) in [5.74, 6) is 1.39. The van der Waals surface area contributed by atoms with E-state index in [-0.39, 0.29) is 6.54 Å². The van der Waals surface area contributed by atoms with E-state index in [1.54, 1.807) is 45.0 Å². The summed E-state index contributed by atoms with van der Waals surface area (Å²) in [6.07, 6.45) is 10.3. The van der Waals surface area contributed by atoms with E-state index in [0.29, 0.717) is 11.1 Å². The molecule has 176 valence electrons. The quantitative estimate of drug-likeness (QED) is 0.491. The van der Waals surface area contributed by atoms with Gasteiger partial charge in [-0.25, -0.2) is 4.79 Å². The highest BCUT2D eigenvalue weighted by atomic mass is 16.6. The van der Waals surface area contributed by atoms with Gasteiger partial charge >= 0.3 is 6.09 Å². The van der Waals surface area contributed by atoms with Gasteiger partial charge in [-0.2, -0.15) is 0 Å². The van der Waals surface area contributed by atoms with Gasteiger partial charge in [0.2, 0.25) is 5.91 Å². The van der Waals surface area contributed by atoms with Crippen LogP contribution in [0.3, 0.4) is 0 Å². The van der Waals surface area contributed by atoms with Crippen LogP contribution in [0.25, 0.3) is 0 Å². The number of rotatable bonds is 7. The summed E-state index contributed by atoms with van der Waals surface area (Å²) < 4.78 is 5.21. The highest BCUT2D eigenvalue weighted by Gasteiger charge is 2.34. The molecule has 0 bridgehead atoms. The number of carbonyl (C=O) groups excluding carboxylic acids is 3. The van der Waals surface area contributed by atoms with Gasteiger partial charge in [0.1, 0.15) is 17.7 Å². The molecule has 3 amide bonds. The van der Waals surface area contributed by atoms with Gasteiger partial charge in [-0.05, 0) is 51.0 Å². The fourth-order valence-electron chi connectivity index (χ4n) is 3.08. The zero-order valence-electron chi connectivity index (χ0n) is 19.8. The van der Waals surface area contributed by atoms with Crippen molar-refractivity contribution in [1.82, 2.24) is 15.5 Å². The number of terminal acetylenes is 2. The SMILES string of the molecule is C#Cc1ccc(C(C(=O)NCc2ccccc2)N(C#C)C(=O)C(C)NC(=O)OC(C)(C)C)cc1. The van der Waals surface area contributed by atoms with Crippen molar-refractivity contribution in [3.63, 3.8) is 0 Å². The standard InChI is InChI=1S/C27H29N3O4/c1-7-20-14-16-22(17-15-20)23(24(31)28-18-21-12-10-9-11-13-21)30(8-2)25(32)19(3)29-26(33)34-27(4,5)6/h1-2,9-17,19,23H,18H2,3-6H3,(H,28,31)(H,29,33).